The number of aryl methyl sites for hydroxylation is 1. The Balaban J connectivity index is 1.23. The molecule has 0 saturated heterocycles. The summed E-state index contributed by atoms with van der Waals surface area (Å²) in [4.78, 5) is 5.98. The Bertz CT molecular complexity index is 2110. The molecule has 0 spiro atoms. The summed E-state index contributed by atoms with van der Waals surface area (Å²) in [5, 5.41) is 2.36. The van der Waals surface area contributed by atoms with E-state index in [9.17, 15) is 0 Å². The molecule has 6 aromatic rings. The number of para-hydroxylation sites is 1. The van der Waals surface area contributed by atoms with Crippen LogP contribution in [0.25, 0.3) is 16.3 Å². The number of thioether (sulfide) groups is 2. The molecule has 7 rings (SSSR count). The van der Waals surface area contributed by atoms with Gasteiger partial charge in [0.25, 0.3) is 5.01 Å². The number of hydrogen-bond donors (Lipinski definition) is 0. The largest absolute Gasteiger partial charge is 0.492 e. The quantitative estimate of drug-likeness (QED) is 0.0904. The third-order valence-electron chi connectivity index (χ3n) is 7.83. The van der Waals surface area contributed by atoms with Crippen LogP contribution >= 0.6 is 66.7 Å². The number of aromatic nitrogens is 1. The first-order valence-corrected chi connectivity index (χ1v) is 19.9. The minimum absolute atomic E-state index is 0.562. The summed E-state index contributed by atoms with van der Waals surface area (Å²) in [6.45, 7) is 4.73. The van der Waals surface area contributed by atoms with E-state index in [0.717, 1.165) is 38.4 Å². The Morgan fingerprint density at radius 1 is 0.796 bits per heavy atom. The first-order valence-electron chi connectivity index (χ1n) is 15.9. The van der Waals surface area contributed by atoms with E-state index in [0.29, 0.717) is 13.2 Å². The molecular formula is C40H33Br2N2O2S3+. The lowest BCUT2D eigenvalue weighted by molar-refractivity contribution is -0.669. The molecule has 5 aromatic carbocycles. The lowest BCUT2D eigenvalue weighted by Gasteiger charge is -2.21. The van der Waals surface area contributed by atoms with Gasteiger partial charge in [-0.1, -0.05) is 103 Å². The SMILES string of the molecule is Cc1ccc2c(c1)sc(/C=C(/C=C1\Sc3ccccc3N1CCOc1ccc(Br)cc1)Sc1ccccc1)[n+]2CCOc1ccc(Br)cc1. The summed E-state index contributed by atoms with van der Waals surface area (Å²) < 4.78 is 18.1. The van der Waals surface area contributed by atoms with Gasteiger partial charge in [-0.15, -0.1) is 0 Å². The van der Waals surface area contributed by atoms with Gasteiger partial charge in [-0.3, -0.25) is 0 Å². The maximum atomic E-state index is 6.20. The van der Waals surface area contributed by atoms with Gasteiger partial charge < -0.3 is 14.4 Å². The fourth-order valence-electron chi connectivity index (χ4n) is 5.48. The predicted molar refractivity (Wildman–Crippen MR) is 214 cm³/mol. The highest BCUT2D eigenvalue weighted by atomic mass is 79.9. The number of nitrogens with zero attached hydrogens (tertiary/aromatic N) is 2. The number of rotatable bonds is 12. The number of anilines is 1. The molecule has 0 N–H and O–H groups in total. The molecule has 0 saturated carbocycles. The van der Waals surface area contributed by atoms with Crippen molar-refractivity contribution in [2.75, 3.05) is 24.7 Å². The van der Waals surface area contributed by atoms with Gasteiger partial charge in [-0.05, 0) is 97.4 Å². The monoisotopic (exact) mass is 827 g/mol. The molecule has 49 heavy (non-hydrogen) atoms. The average Bonchev–Trinajstić information content (AvgIpc) is 3.63. The van der Waals surface area contributed by atoms with Gasteiger partial charge in [0.15, 0.2) is 6.54 Å². The lowest BCUT2D eigenvalue weighted by Crippen LogP contribution is -2.38. The molecule has 4 nitrogen and oxygen atoms in total. The highest BCUT2D eigenvalue weighted by Gasteiger charge is 2.26. The maximum Gasteiger partial charge on any atom is 0.264 e. The van der Waals surface area contributed by atoms with Gasteiger partial charge in [-0.2, -0.15) is 4.57 Å². The molecule has 0 fully saturated rings. The van der Waals surface area contributed by atoms with Crippen LogP contribution in [0.2, 0.25) is 0 Å². The molecule has 1 aliphatic rings. The minimum Gasteiger partial charge on any atom is -0.492 e. The van der Waals surface area contributed by atoms with E-state index in [1.807, 2.05) is 71.6 Å². The topological polar surface area (TPSA) is 25.6 Å². The molecule has 1 aromatic heterocycles. The number of benzene rings is 5. The van der Waals surface area contributed by atoms with Gasteiger partial charge >= 0.3 is 0 Å². The second kappa shape index (κ2) is 16.0. The fraction of sp³-hybridized carbons (Fsp3) is 0.125. The molecule has 0 atom stereocenters. The van der Waals surface area contributed by atoms with E-state index in [4.69, 9.17) is 9.47 Å². The molecule has 0 amide bonds. The summed E-state index contributed by atoms with van der Waals surface area (Å²) >= 11 is 12.4. The van der Waals surface area contributed by atoms with Crippen molar-refractivity contribution in [1.82, 2.24) is 0 Å². The van der Waals surface area contributed by atoms with Crippen LogP contribution in [0.1, 0.15) is 10.6 Å². The van der Waals surface area contributed by atoms with E-state index in [2.05, 4.69) is 133 Å². The first-order chi connectivity index (χ1) is 24.0. The zero-order valence-electron chi connectivity index (χ0n) is 26.7. The maximum absolute atomic E-state index is 6.20. The van der Waals surface area contributed by atoms with Crippen molar-refractivity contribution in [3.63, 3.8) is 0 Å². The zero-order valence-corrected chi connectivity index (χ0v) is 32.3. The Labute approximate surface area is 316 Å². The molecule has 2 heterocycles. The highest BCUT2D eigenvalue weighted by Crippen LogP contribution is 2.47. The summed E-state index contributed by atoms with van der Waals surface area (Å²) in [6, 6.07) is 42.0. The van der Waals surface area contributed by atoms with Crippen molar-refractivity contribution in [2.24, 2.45) is 0 Å². The van der Waals surface area contributed by atoms with Crippen LogP contribution in [0.3, 0.4) is 0 Å². The van der Waals surface area contributed by atoms with Crippen LogP contribution in [0.15, 0.2) is 156 Å². The van der Waals surface area contributed by atoms with Gasteiger partial charge in [-0.25, -0.2) is 0 Å². The molecular weight excluding hydrogens is 796 g/mol. The van der Waals surface area contributed by atoms with E-state index in [-0.39, 0.29) is 0 Å². The Morgan fingerprint density at radius 2 is 1.47 bits per heavy atom. The van der Waals surface area contributed by atoms with Crippen molar-refractivity contribution in [2.45, 2.75) is 23.3 Å². The Morgan fingerprint density at radius 3 is 2.20 bits per heavy atom. The van der Waals surface area contributed by atoms with Gasteiger partial charge in [0.2, 0.25) is 5.52 Å². The predicted octanol–water partition coefficient (Wildman–Crippen LogP) is 11.8. The molecule has 9 heteroatoms. The highest BCUT2D eigenvalue weighted by molar-refractivity contribution is 9.10. The number of ether oxygens (including phenoxy) is 2. The number of allylic oxidation sites excluding steroid dienone is 1. The molecule has 0 bridgehead atoms. The van der Waals surface area contributed by atoms with Crippen LogP contribution in [0.4, 0.5) is 5.69 Å². The van der Waals surface area contributed by atoms with Crippen LogP contribution < -0.4 is 18.9 Å². The zero-order chi connectivity index (χ0) is 33.6. The lowest BCUT2D eigenvalue weighted by atomic mass is 10.2. The number of thiazole rings is 1. The Kier molecular flexibility index (Phi) is 11.1. The van der Waals surface area contributed by atoms with Gasteiger partial charge in [0, 0.05) is 35.8 Å². The van der Waals surface area contributed by atoms with Gasteiger partial charge in [0.1, 0.15) is 29.4 Å². The minimum atomic E-state index is 0.562. The standard InChI is InChI=1S/C40H33Br2N2O2S3/c1-28-11-20-36-38(25-28)49-40(44(36)22-24-46-32-18-14-30(42)15-19-32)27-34(47-33-7-3-2-4-8-33)26-39-43(35-9-5-6-10-37(35)48-39)21-23-45-31-16-12-29(41)13-17-31/h2-20,25-27H,21-24H2,1H3/q+1. The van der Waals surface area contributed by atoms with Crippen LogP contribution in [-0.4, -0.2) is 19.8 Å². The molecule has 1 aliphatic heterocycles. The van der Waals surface area contributed by atoms with Crippen molar-refractivity contribution >= 4 is 88.7 Å². The van der Waals surface area contributed by atoms with Crippen molar-refractivity contribution < 1.29 is 14.0 Å². The summed E-state index contributed by atoms with van der Waals surface area (Å²) in [5.41, 5.74) is 3.68. The Hall–Kier alpha value is -3.47. The number of fused-ring (bicyclic) bond motifs is 2. The smallest absolute Gasteiger partial charge is 0.264 e. The second-order valence-electron chi connectivity index (χ2n) is 11.3. The summed E-state index contributed by atoms with van der Waals surface area (Å²) in [6.07, 6.45) is 4.67. The molecule has 0 aliphatic carbocycles. The molecule has 0 radical (unpaired) electrons. The van der Waals surface area contributed by atoms with Crippen molar-refractivity contribution in [3.8, 4) is 11.5 Å². The second-order valence-corrected chi connectivity index (χ2v) is 16.4. The average molecular weight is 830 g/mol. The number of hydrogen-bond acceptors (Lipinski definition) is 6. The van der Waals surface area contributed by atoms with Crippen LogP contribution in [-0.2, 0) is 6.54 Å². The van der Waals surface area contributed by atoms with Gasteiger partial charge in [0.05, 0.1) is 17.3 Å². The fourth-order valence-corrected chi connectivity index (χ4v) is 9.44. The van der Waals surface area contributed by atoms with E-state index < -0.39 is 0 Å². The van der Waals surface area contributed by atoms with E-state index in [1.54, 1.807) is 11.8 Å². The first kappa shape index (κ1) is 34.0. The van der Waals surface area contributed by atoms with Crippen LogP contribution in [0, 0.1) is 6.92 Å². The summed E-state index contributed by atoms with van der Waals surface area (Å²) in [7, 11) is 0. The normalized spacial score (nSPS) is 13.7. The van der Waals surface area contributed by atoms with Crippen molar-refractivity contribution in [3.05, 3.63) is 157 Å². The van der Waals surface area contributed by atoms with Crippen molar-refractivity contribution in [1.29, 1.82) is 0 Å². The van der Waals surface area contributed by atoms with Crippen LogP contribution in [0.5, 0.6) is 11.5 Å². The molecule has 0 unspecified atom stereocenters. The summed E-state index contributed by atoms with van der Waals surface area (Å²) in [5.74, 6) is 1.73. The van der Waals surface area contributed by atoms with E-state index >= 15 is 0 Å². The number of halogens is 2. The molecule has 246 valence electrons. The third kappa shape index (κ3) is 8.64. The van der Waals surface area contributed by atoms with E-state index in [1.165, 1.54) is 41.3 Å². The third-order valence-corrected chi connectivity index (χ3v) is 12.1.